The summed E-state index contributed by atoms with van der Waals surface area (Å²) in [6.45, 7) is 4.05. The van der Waals surface area contributed by atoms with Crippen molar-refractivity contribution in [2.24, 2.45) is 0 Å². The van der Waals surface area contributed by atoms with Gasteiger partial charge in [-0.05, 0) is 34.1 Å². The number of thioether (sulfide) groups is 1. The first-order chi connectivity index (χ1) is 9.69. The van der Waals surface area contributed by atoms with Gasteiger partial charge >= 0.3 is 0 Å². The summed E-state index contributed by atoms with van der Waals surface area (Å²) in [7, 11) is 0. The van der Waals surface area contributed by atoms with Crippen molar-refractivity contribution < 1.29 is 9.42 Å². The Morgan fingerprint density at radius 3 is 3.00 bits per heavy atom. The van der Waals surface area contributed by atoms with Crippen LogP contribution in [0.2, 0.25) is 0 Å². The first-order valence-electron chi connectivity index (χ1n) is 5.77. The molecule has 2 aromatic rings. The summed E-state index contributed by atoms with van der Waals surface area (Å²) in [6.07, 6.45) is 3.44. The minimum Gasteiger partial charge on any atom is -0.289 e. The molecule has 1 aromatic carbocycles. The van der Waals surface area contributed by atoms with Crippen LogP contribution in [-0.2, 0) is 4.79 Å². The van der Waals surface area contributed by atoms with E-state index in [1.165, 1.54) is 16.7 Å². The lowest BCUT2D eigenvalue weighted by Gasteiger charge is -2.10. The Kier molecular flexibility index (Phi) is 3.37. The highest BCUT2D eigenvalue weighted by Crippen LogP contribution is 2.32. The minimum absolute atomic E-state index is 0.0988. The zero-order chi connectivity index (χ0) is 14.1. The van der Waals surface area contributed by atoms with Crippen LogP contribution in [0.25, 0.3) is 17.1 Å². The average Bonchev–Trinajstić information content (AvgIpc) is 2.99. The third-order valence-corrected chi connectivity index (χ3v) is 4.14. The van der Waals surface area contributed by atoms with Crippen molar-refractivity contribution in [3.63, 3.8) is 0 Å². The molecular formula is C13H9N3O2S2. The van der Waals surface area contributed by atoms with E-state index in [1.54, 1.807) is 18.2 Å². The van der Waals surface area contributed by atoms with Gasteiger partial charge in [-0.25, -0.2) is 4.63 Å². The lowest BCUT2D eigenvalue weighted by atomic mass is 10.2. The van der Waals surface area contributed by atoms with Crippen LogP contribution in [-0.4, -0.2) is 32.0 Å². The molecule has 1 saturated heterocycles. The Bertz CT molecular complexity index is 751. The van der Waals surface area contributed by atoms with Gasteiger partial charge in [0.25, 0.3) is 5.91 Å². The van der Waals surface area contributed by atoms with Crippen molar-refractivity contribution in [2.75, 3.05) is 6.54 Å². The molecule has 0 radical (unpaired) electrons. The maximum atomic E-state index is 12.2. The second-order valence-electron chi connectivity index (χ2n) is 4.09. The number of hydrogen-bond acceptors (Lipinski definition) is 6. The fourth-order valence-electron chi connectivity index (χ4n) is 1.83. The van der Waals surface area contributed by atoms with Crippen LogP contribution in [0, 0.1) is 0 Å². The van der Waals surface area contributed by atoms with Gasteiger partial charge in [-0.15, -0.1) is 6.58 Å². The van der Waals surface area contributed by atoms with Crippen LogP contribution in [0.1, 0.15) is 5.56 Å². The largest absolute Gasteiger partial charge is 0.289 e. The molecule has 0 saturated carbocycles. The molecule has 0 aliphatic carbocycles. The normalized spacial score (nSPS) is 17.4. The van der Waals surface area contributed by atoms with E-state index >= 15 is 0 Å². The van der Waals surface area contributed by atoms with E-state index in [0.717, 1.165) is 5.56 Å². The van der Waals surface area contributed by atoms with E-state index in [0.29, 0.717) is 26.8 Å². The fraction of sp³-hybridized carbons (Fsp3) is 0.0769. The number of nitrogens with zero attached hydrogens (tertiary/aromatic N) is 3. The molecule has 1 aliphatic heterocycles. The number of fused-ring (bicyclic) bond motifs is 1. The molecular weight excluding hydrogens is 294 g/mol. The van der Waals surface area contributed by atoms with Gasteiger partial charge < -0.3 is 0 Å². The van der Waals surface area contributed by atoms with Gasteiger partial charge in [0.15, 0.2) is 0 Å². The van der Waals surface area contributed by atoms with Crippen LogP contribution in [0.15, 0.2) is 40.4 Å². The number of carbonyl (C=O) groups excluding carboxylic acids is 1. The molecule has 0 unspecified atom stereocenters. The zero-order valence-electron chi connectivity index (χ0n) is 10.3. The second-order valence-corrected chi connectivity index (χ2v) is 5.77. The molecule has 0 spiro atoms. The highest BCUT2D eigenvalue weighted by atomic mass is 32.2. The molecule has 3 rings (SSSR count). The van der Waals surface area contributed by atoms with Gasteiger partial charge in [0.05, 0.1) is 4.91 Å². The van der Waals surface area contributed by atoms with E-state index in [-0.39, 0.29) is 5.91 Å². The SMILES string of the molecule is C=CCN1C(=O)/C(=C/c2ccc3nonc3c2)SC1=S. The van der Waals surface area contributed by atoms with Crippen molar-refractivity contribution in [1.29, 1.82) is 0 Å². The van der Waals surface area contributed by atoms with Crippen molar-refractivity contribution >= 4 is 51.3 Å². The molecule has 100 valence electrons. The Morgan fingerprint density at radius 1 is 1.40 bits per heavy atom. The molecule has 1 aromatic heterocycles. The second kappa shape index (κ2) is 5.18. The average molecular weight is 303 g/mol. The molecule has 0 N–H and O–H groups in total. The van der Waals surface area contributed by atoms with E-state index in [2.05, 4.69) is 21.5 Å². The summed E-state index contributed by atoms with van der Waals surface area (Å²) in [5, 5.41) is 7.51. The molecule has 0 bridgehead atoms. The number of aromatic nitrogens is 2. The fourth-order valence-corrected chi connectivity index (χ4v) is 3.10. The topological polar surface area (TPSA) is 59.2 Å². The zero-order valence-corrected chi connectivity index (χ0v) is 11.9. The first kappa shape index (κ1) is 13.0. The molecule has 1 amide bonds. The molecule has 5 nitrogen and oxygen atoms in total. The molecule has 0 atom stereocenters. The van der Waals surface area contributed by atoms with Gasteiger partial charge in [0.1, 0.15) is 15.4 Å². The van der Waals surface area contributed by atoms with E-state index in [1.807, 2.05) is 12.1 Å². The minimum atomic E-state index is -0.0988. The number of carbonyl (C=O) groups is 1. The number of thiocarbonyl (C=S) groups is 1. The standard InChI is InChI=1S/C13H9N3O2S2/c1-2-5-16-12(17)11(20-13(16)19)7-8-3-4-9-10(6-8)15-18-14-9/h2-4,6-7H,1,5H2/b11-7-. The Morgan fingerprint density at radius 2 is 2.20 bits per heavy atom. The smallest absolute Gasteiger partial charge is 0.266 e. The molecule has 20 heavy (non-hydrogen) atoms. The maximum Gasteiger partial charge on any atom is 0.266 e. The number of rotatable bonds is 3. The highest BCUT2D eigenvalue weighted by Gasteiger charge is 2.30. The third kappa shape index (κ3) is 2.25. The number of hydrogen-bond donors (Lipinski definition) is 0. The molecule has 7 heteroatoms. The maximum absolute atomic E-state index is 12.2. The molecule has 1 aliphatic rings. The van der Waals surface area contributed by atoms with Crippen LogP contribution in [0.3, 0.4) is 0 Å². The quantitative estimate of drug-likeness (QED) is 0.493. The van der Waals surface area contributed by atoms with Gasteiger partial charge in [-0.2, -0.15) is 0 Å². The Hall–Kier alpha value is -1.99. The van der Waals surface area contributed by atoms with E-state index < -0.39 is 0 Å². The van der Waals surface area contributed by atoms with Crippen molar-refractivity contribution in [3.8, 4) is 0 Å². The number of benzene rings is 1. The summed E-state index contributed by atoms with van der Waals surface area (Å²) >= 11 is 6.47. The van der Waals surface area contributed by atoms with Crippen molar-refractivity contribution in [2.45, 2.75) is 0 Å². The van der Waals surface area contributed by atoms with Gasteiger partial charge in [-0.1, -0.05) is 36.1 Å². The molecule has 2 heterocycles. The lowest BCUT2D eigenvalue weighted by molar-refractivity contribution is -0.121. The van der Waals surface area contributed by atoms with E-state index in [4.69, 9.17) is 12.2 Å². The Labute approximate surface area is 124 Å². The Balaban J connectivity index is 1.93. The lowest BCUT2D eigenvalue weighted by Crippen LogP contribution is -2.27. The van der Waals surface area contributed by atoms with Crippen molar-refractivity contribution in [3.05, 3.63) is 41.3 Å². The summed E-state index contributed by atoms with van der Waals surface area (Å²) in [5.41, 5.74) is 2.19. The van der Waals surface area contributed by atoms with Gasteiger partial charge in [0.2, 0.25) is 0 Å². The number of amides is 1. The summed E-state index contributed by atoms with van der Waals surface area (Å²) < 4.78 is 5.19. The summed E-state index contributed by atoms with van der Waals surface area (Å²) in [4.78, 5) is 14.3. The van der Waals surface area contributed by atoms with Crippen LogP contribution < -0.4 is 0 Å². The first-order valence-corrected chi connectivity index (χ1v) is 7.00. The van der Waals surface area contributed by atoms with Crippen molar-refractivity contribution in [1.82, 2.24) is 15.2 Å². The van der Waals surface area contributed by atoms with E-state index in [9.17, 15) is 4.79 Å². The van der Waals surface area contributed by atoms with Gasteiger partial charge in [0, 0.05) is 6.54 Å². The summed E-state index contributed by atoms with van der Waals surface area (Å²) in [6, 6.07) is 5.46. The van der Waals surface area contributed by atoms with Crippen LogP contribution in [0.4, 0.5) is 0 Å². The van der Waals surface area contributed by atoms with Crippen LogP contribution >= 0.6 is 24.0 Å². The molecule has 1 fully saturated rings. The predicted molar refractivity (Wildman–Crippen MR) is 81.9 cm³/mol. The summed E-state index contributed by atoms with van der Waals surface area (Å²) in [5.74, 6) is -0.0988. The highest BCUT2D eigenvalue weighted by molar-refractivity contribution is 8.26. The third-order valence-electron chi connectivity index (χ3n) is 2.76. The van der Waals surface area contributed by atoms with Gasteiger partial charge in [-0.3, -0.25) is 9.69 Å². The predicted octanol–water partition coefficient (Wildman–Crippen LogP) is 2.61. The monoisotopic (exact) mass is 303 g/mol. The van der Waals surface area contributed by atoms with Crippen LogP contribution in [0.5, 0.6) is 0 Å².